The van der Waals surface area contributed by atoms with Gasteiger partial charge < -0.3 is 15.1 Å². The molecule has 0 bridgehead atoms. The van der Waals surface area contributed by atoms with E-state index in [2.05, 4.69) is 31.1 Å². The Morgan fingerprint density at radius 2 is 2.00 bits per heavy atom. The van der Waals surface area contributed by atoms with E-state index in [1.807, 2.05) is 11.9 Å². The largest absolute Gasteiger partial charge is 0.343 e. The van der Waals surface area contributed by atoms with Crippen molar-refractivity contribution in [1.82, 2.24) is 15.1 Å². The van der Waals surface area contributed by atoms with Gasteiger partial charge in [-0.1, -0.05) is 6.92 Å². The fourth-order valence-electron chi connectivity index (χ4n) is 3.82. The van der Waals surface area contributed by atoms with Crippen LogP contribution in [-0.4, -0.2) is 61.5 Å². The lowest BCUT2D eigenvalue weighted by Crippen LogP contribution is -2.48. The minimum atomic E-state index is 0.350. The van der Waals surface area contributed by atoms with Gasteiger partial charge >= 0.3 is 0 Å². The summed E-state index contributed by atoms with van der Waals surface area (Å²) in [6.07, 6.45) is 5.40. The summed E-state index contributed by atoms with van der Waals surface area (Å²) in [6, 6.07) is 1.02. The zero-order valence-corrected chi connectivity index (χ0v) is 14.3. The maximum atomic E-state index is 12.6. The molecule has 0 aliphatic carbocycles. The van der Waals surface area contributed by atoms with Crippen molar-refractivity contribution < 1.29 is 4.79 Å². The summed E-state index contributed by atoms with van der Waals surface area (Å²) in [5.41, 5.74) is 0. The second-order valence-corrected chi connectivity index (χ2v) is 7.28. The molecule has 0 spiro atoms. The van der Waals surface area contributed by atoms with E-state index < -0.39 is 0 Å². The number of hydrogen-bond acceptors (Lipinski definition) is 3. The highest BCUT2D eigenvalue weighted by Crippen LogP contribution is 2.26. The summed E-state index contributed by atoms with van der Waals surface area (Å²) in [6.45, 7) is 7.87. The first-order valence-corrected chi connectivity index (χ1v) is 8.65. The van der Waals surface area contributed by atoms with Gasteiger partial charge in [0.15, 0.2) is 0 Å². The fraction of sp³-hybridized carbons (Fsp3) is 0.941. The molecule has 2 saturated heterocycles. The predicted molar refractivity (Wildman–Crippen MR) is 87.3 cm³/mol. The standard InChI is InChI=1S/C17H33N3O/c1-13(15-5-8-18-9-6-15)11-17(21)20(4)16-7-10-19(3)14(2)12-16/h13-16,18H,5-12H2,1-4H3. The third-order valence-electron chi connectivity index (χ3n) is 5.81. The van der Waals surface area contributed by atoms with Crippen LogP contribution in [0.4, 0.5) is 0 Å². The molecule has 2 aliphatic heterocycles. The Morgan fingerprint density at radius 3 is 2.62 bits per heavy atom. The van der Waals surface area contributed by atoms with Gasteiger partial charge in [-0.25, -0.2) is 0 Å². The first-order valence-electron chi connectivity index (χ1n) is 8.65. The number of amides is 1. The van der Waals surface area contributed by atoms with Crippen molar-refractivity contribution in [3.05, 3.63) is 0 Å². The SMILES string of the molecule is CC(CC(=O)N(C)C1CCN(C)C(C)C1)C1CCNCC1. The number of piperidine rings is 2. The molecule has 0 saturated carbocycles. The number of hydrogen-bond donors (Lipinski definition) is 1. The van der Waals surface area contributed by atoms with Crippen molar-refractivity contribution in [3.8, 4) is 0 Å². The van der Waals surface area contributed by atoms with Gasteiger partial charge in [0.25, 0.3) is 0 Å². The van der Waals surface area contributed by atoms with Crippen LogP contribution in [-0.2, 0) is 4.79 Å². The molecule has 3 unspecified atom stereocenters. The molecule has 2 heterocycles. The maximum absolute atomic E-state index is 12.6. The number of likely N-dealkylation sites (tertiary alicyclic amines) is 1. The van der Waals surface area contributed by atoms with Crippen LogP contribution >= 0.6 is 0 Å². The quantitative estimate of drug-likeness (QED) is 0.861. The van der Waals surface area contributed by atoms with Gasteiger partial charge in [0.2, 0.25) is 5.91 Å². The zero-order valence-electron chi connectivity index (χ0n) is 14.3. The van der Waals surface area contributed by atoms with Crippen LogP contribution < -0.4 is 5.32 Å². The van der Waals surface area contributed by atoms with Crippen LogP contribution in [0.1, 0.15) is 46.0 Å². The first-order chi connectivity index (χ1) is 9.99. The molecule has 1 N–H and O–H groups in total. The number of nitrogens with zero attached hydrogens (tertiary/aromatic N) is 2. The first kappa shape index (κ1) is 16.8. The van der Waals surface area contributed by atoms with Crippen molar-refractivity contribution in [2.75, 3.05) is 33.7 Å². The van der Waals surface area contributed by atoms with Crippen LogP contribution in [0.25, 0.3) is 0 Å². The van der Waals surface area contributed by atoms with Crippen molar-refractivity contribution >= 4 is 5.91 Å². The molecule has 1 amide bonds. The Labute approximate surface area is 130 Å². The van der Waals surface area contributed by atoms with Gasteiger partial charge in [-0.2, -0.15) is 0 Å². The number of carbonyl (C=O) groups is 1. The molecule has 2 rings (SSSR count). The summed E-state index contributed by atoms with van der Waals surface area (Å²) in [5, 5.41) is 3.41. The molecule has 0 aromatic carbocycles. The van der Waals surface area contributed by atoms with E-state index >= 15 is 0 Å². The van der Waals surface area contributed by atoms with E-state index in [0.29, 0.717) is 23.9 Å². The highest BCUT2D eigenvalue weighted by Gasteiger charge is 2.29. The lowest BCUT2D eigenvalue weighted by atomic mass is 9.83. The lowest BCUT2D eigenvalue weighted by molar-refractivity contribution is -0.134. The van der Waals surface area contributed by atoms with E-state index in [4.69, 9.17) is 0 Å². The Morgan fingerprint density at radius 1 is 1.33 bits per heavy atom. The molecule has 0 aromatic rings. The summed E-state index contributed by atoms with van der Waals surface area (Å²) in [7, 11) is 4.20. The van der Waals surface area contributed by atoms with Crippen molar-refractivity contribution in [1.29, 1.82) is 0 Å². The van der Waals surface area contributed by atoms with Crippen LogP contribution in [0.5, 0.6) is 0 Å². The molecule has 3 atom stereocenters. The monoisotopic (exact) mass is 295 g/mol. The molecule has 4 nitrogen and oxygen atoms in total. The van der Waals surface area contributed by atoms with Crippen LogP contribution in [0.3, 0.4) is 0 Å². The van der Waals surface area contributed by atoms with E-state index in [-0.39, 0.29) is 0 Å². The Bertz CT molecular complexity index is 341. The van der Waals surface area contributed by atoms with E-state index in [1.54, 1.807) is 0 Å². The Balaban J connectivity index is 1.81. The summed E-state index contributed by atoms with van der Waals surface area (Å²) in [4.78, 5) is 17.0. The van der Waals surface area contributed by atoms with Gasteiger partial charge in [0, 0.05) is 32.1 Å². The zero-order chi connectivity index (χ0) is 15.4. The van der Waals surface area contributed by atoms with Gasteiger partial charge in [-0.3, -0.25) is 4.79 Å². The highest BCUT2D eigenvalue weighted by molar-refractivity contribution is 5.76. The van der Waals surface area contributed by atoms with Gasteiger partial charge in [-0.05, 0) is 64.6 Å². The van der Waals surface area contributed by atoms with Gasteiger partial charge in [0.05, 0.1) is 0 Å². The van der Waals surface area contributed by atoms with E-state index in [0.717, 1.165) is 44.8 Å². The van der Waals surface area contributed by atoms with Crippen molar-refractivity contribution in [2.45, 2.75) is 58.0 Å². The summed E-state index contributed by atoms with van der Waals surface area (Å²) < 4.78 is 0. The van der Waals surface area contributed by atoms with Crippen LogP contribution in [0.2, 0.25) is 0 Å². The summed E-state index contributed by atoms with van der Waals surface area (Å²) in [5.74, 6) is 1.59. The number of carbonyl (C=O) groups excluding carboxylic acids is 1. The van der Waals surface area contributed by atoms with Crippen LogP contribution in [0.15, 0.2) is 0 Å². The fourth-order valence-corrected chi connectivity index (χ4v) is 3.82. The molecule has 122 valence electrons. The minimum absolute atomic E-state index is 0.350. The molecule has 0 aromatic heterocycles. The molecule has 4 heteroatoms. The second kappa shape index (κ2) is 7.59. The van der Waals surface area contributed by atoms with Gasteiger partial charge in [-0.15, -0.1) is 0 Å². The van der Waals surface area contributed by atoms with Crippen LogP contribution in [0, 0.1) is 11.8 Å². The number of nitrogens with one attached hydrogen (secondary N) is 1. The van der Waals surface area contributed by atoms with E-state index in [9.17, 15) is 4.79 Å². The molecular formula is C17H33N3O. The third kappa shape index (κ3) is 4.43. The average Bonchev–Trinajstić information content (AvgIpc) is 2.50. The predicted octanol–water partition coefficient (Wildman–Crippen LogP) is 1.95. The van der Waals surface area contributed by atoms with Crippen molar-refractivity contribution in [2.24, 2.45) is 11.8 Å². The lowest BCUT2D eigenvalue weighted by Gasteiger charge is -2.40. The molecule has 0 radical (unpaired) electrons. The molecule has 2 aliphatic rings. The summed E-state index contributed by atoms with van der Waals surface area (Å²) >= 11 is 0. The normalized spacial score (nSPS) is 30.1. The molecule has 21 heavy (non-hydrogen) atoms. The molecule has 2 fully saturated rings. The maximum Gasteiger partial charge on any atom is 0.222 e. The van der Waals surface area contributed by atoms with E-state index in [1.165, 1.54) is 12.8 Å². The smallest absolute Gasteiger partial charge is 0.222 e. The minimum Gasteiger partial charge on any atom is -0.343 e. The molecular weight excluding hydrogens is 262 g/mol. The number of rotatable bonds is 4. The van der Waals surface area contributed by atoms with Crippen molar-refractivity contribution in [3.63, 3.8) is 0 Å². The Kier molecular flexibility index (Phi) is 6.06. The topological polar surface area (TPSA) is 35.6 Å². The average molecular weight is 295 g/mol. The highest BCUT2D eigenvalue weighted by atomic mass is 16.2. The second-order valence-electron chi connectivity index (χ2n) is 7.28. The Hall–Kier alpha value is -0.610. The van der Waals surface area contributed by atoms with Gasteiger partial charge in [0.1, 0.15) is 0 Å². The third-order valence-corrected chi connectivity index (χ3v) is 5.81.